The molecule has 0 N–H and O–H groups in total. The number of aromatic nitrogens is 2. The van der Waals surface area contributed by atoms with Crippen molar-refractivity contribution in [2.75, 3.05) is 6.26 Å². The zero-order chi connectivity index (χ0) is 20.8. The molecule has 1 aromatic heterocycles. The highest BCUT2D eigenvalue weighted by molar-refractivity contribution is 7.90. The smallest absolute Gasteiger partial charge is 0.254 e. The molecule has 29 heavy (non-hydrogen) atoms. The second-order valence-electron chi connectivity index (χ2n) is 6.78. The van der Waals surface area contributed by atoms with Crippen LogP contribution < -0.4 is 0 Å². The zero-order valence-electron chi connectivity index (χ0n) is 15.3. The van der Waals surface area contributed by atoms with Crippen molar-refractivity contribution in [3.05, 3.63) is 76.2 Å². The summed E-state index contributed by atoms with van der Waals surface area (Å²) < 4.78 is 37.1. The van der Waals surface area contributed by atoms with Crippen molar-refractivity contribution < 1.29 is 17.6 Å². The summed E-state index contributed by atoms with van der Waals surface area (Å²) in [6, 6.07) is 11.3. The fourth-order valence-electron chi connectivity index (χ4n) is 3.19. The van der Waals surface area contributed by atoms with Crippen LogP contribution in [-0.2, 0) is 22.9 Å². The van der Waals surface area contributed by atoms with E-state index in [0.717, 1.165) is 11.8 Å². The fraction of sp³-hybridized carbons (Fsp3) is 0.150. The van der Waals surface area contributed by atoms with E-state index in [1.807, 2.05) is 6.07 Å². The Morgan fingerprint density at radius 1 is 1.17 bits per heavy atom. The number of nitrogens with zero attached hydrogens (tertiary/aromatic N) is 3. The van der Waals surface area contributed by atoms with E-state index in [4.69, 9.17) is 11.6 Å². The monoisotopic (exact) mass is 431 g/mol. The highest BCUT2D eigenvalue weighted by Gasteiger charge is 2.28. The summed E-state index contributed by atoms with van der Waals surface area (Å²) in [5.74, 6) is -0.712. The average molecular weight is 432 g/mol. The van der Waals surface area contributed by atoms with Gasteiger partial charge in [0, 0.05) is 36.7 Å². The van der Waals surface area contributed by atoms with Crippen LogP contribution in [-0.4, -0.2) is 35.4 Å². The Balaban J connectivity index is 1.62. The van der Waals surface area contributed by atoms with E-state index < -0.39 is 15.7 Å². The van der Waals surface area contributed by atoms with E-state index in [2.05, 4.69) is 9.97 Å². The van der Waals surface area contributed by atoms with Gasteiger partial charge in [0.15, 0.2) is 0 Å². The maximum absolute atomic E-state index is 13.7. The highest BCUT2D eigenvalue weighted by atomic mass is 35.5. The third-order valence-corrected chi connectivity index (χ3v) is 5.77. The lowest BCUT2D eigenvalue weighted by molar-refractivity contribution is 0.0766. The molecule has 1 aliphatic rings. The molecule has 9 heteroatoms. The quantitative estimate of drug-likeness (QED) is 0.591. The highest BCUT2D eigenvalue weighted by Crippen LogP contribution is 2.29. The molecular weight excluding hydrogens is 417 g/mol. The number of amides is 1. The molecule has 6 nitrogen and oxygen atoms in total. The van der Waals surface area contributed by atoms with Crippen molar-refractivity contribution in [1.82, 2.24) is 14.9 Å². The Hall–Kier alpha value is -2.84. The maximum Gasteiger partial charge on any atom is 0.254 e. The van der Waals surface area contributed by atoms with Crippen LogP contribution in [0, 0.1) is 5.82 Å². The second-order valence-corrected chi connectivity index (χ2v) is 9.09. The molecule has 3 aromatic rings. The van der Waals surface area contributed by atoms with Gasteiger partial charge >= 0.3 is 0 Å². The molecule has 1 aliphatic heterocycles. The lowest BCUT2D eigenvalue weighted by atomic mass is 10.0. The maximum atomic E-state index is 13.7. The van der Waals surface area contributed by atoms with E-state index in [-0.39, 0.29) is 22.6 Å². The standard InChI is InChI=1S/C20H15ClFN3O3S/c1-29(27,28)20-23-7-6-18(24-20)13-3-4-14-11-25(19(26)15(14)9-13)10-12-2-5-16(21)17(22)8-12/h2-9H,10-11H2,1H3. The van der Waals surface area contributed by atoms with E-state index in [0.29, 0.717) is 28.9 Å². The number of halogens is 2. The summed E-state index contributed by atoms with van der Waals surface area (Å²) in [7, 11) is -3.54. The summed E-state index contributed by atoms with van der Waals surface area (Å²) in [4.78, 5) is 22.3. The molecule has 0 unspecified atom stereocenters. The van der Waals surface area contributed by atoms with Gasteiger partial charge in [-0.3, -0.25) is 4.79 Å². The minimum Gasteiger partial charge on any atom is -0.330 e. The van der Waals surface area contributed by atoms with Crippen LogP contribution in [0.5, 0.6) is 0 Å². The second kappa shape index (κ2) is 7.20. The molecule has 1 amide bonds. The minimum absolute atomic E-state index is 0.0349. The van der Waals surface area contributed by atoms with Gasteiger partial charge in [-0.05, 0) is 35.4 Å². The molecule has 0 spiro atoms. The van der Waals surface area contributed by atoms with Crippen LogP contribution in [0.25, 0.3) is 11.3 Å². The molecule has 2 aromatic carbocycles. The van der Waals surface area contributed by atoms with Crippen molar-refractivity contribution in [2.45, 2.75) is 18.2 Å². The Labute approximate surface area is 171 Å². The van der Waals surface area contributed by atoms with Gasteiger partial charge in [0.25, 0.3) is 5.91 Å². The fourth-order valence-corrected chi connectivity index (χ4v) is 3.82. The number of benzene rings is 2. The Morgan fingerprint density at radius 2 is 1.97 bits per heavy atom. The average Bonchev–Trinajstić information content (AvgIpc) is 2.99. The van der Waals surface area contributed by atoms with Gasteiger partial charge in [-0.2, -0.15) is 0 Å². The predicted octanol–water partition coefficient (Wildman–Crippen LogP) is 3.50. The normalized spacial score (nSPS) is 13.6. The van der Waals surface area contributed by atoms with Gasteiger partial charge in [0.2, 0.25) is 15.0 Å². The largest absolute Gasteiger partial charge is 0.330 e. The van der Waals surface area contributed by atoms with Crippen LogP contribution >= 0.6 is 11.6 Å². The molecule has 0 atom stereocenters. The van der Waals surface area contributed by atoms with E-state index in [1.165, 1.54) is 18.3 Å². The van der Waals surface area contributed by atoms with Gasteiger partial charge in [-0.15, -0.1) is 0 Å². The first-order valence-electron chi connectivity index (χ1n) is 8.62. The molecule has 0 saturated carbocycles. The third-order valence-electron chi connectivity index (χ3n) is 4.61. The Bertz CT molecular complexity index is 1250. The number of sulfone groups is 1. The van der Waals surface area contributed by atoms with Crippen LogP contribution in [0.3, 0.4) is 0 Å². The van der Waals surface area contributed by atoms with Gasteiger partial charge < -0.3 is 4.90 Å². The molecule has 0 fully saturated rings. The first-order valence-corrected chi connectivity index (χ1v) is 10.9. The van der Waals surface area contributed by atoms with Crippen molar-refractivity contribution >= 4 is 27.3 Å². The summed E-state index contributed by atoms with van der Waals surface area (Å²) in [6.07, 6.45) is 2.41. The number of carbonyl (C=O) groups excluding carboxylic acids is 1. The van der Waals surface area contributed by atoms with Crippen LogP contribution in [0.4, 0.5) is 4.39 Å². The van der Waals surface area contributed by atoms with Crippen molar-refractivity contribution in [1.29, 1.82) is 0 Å². The van der Waals surface area contributed by atoms with E-state index in [1.54, 1.807) is 29.2 Å². The molecule has 2 heterocycles. The van der Waals surface area contributed by atoms with Gasteiger partial charge in [0.1, 0.15) is 5.82 Å². The summed E-state index contributed by atoms with van der Waals surface area (Å²) >= 11 is 5.71. The first-order chi connectivity index (χ1) is 13.7. The molecule has 0 saturated heterocycles. The Morgan fingerprint density at radius 3 is 2.69 bits per heavy atom. The number of carbonyl (C=O) groups is 1. The van der Waals surface area contributed by atoms with Crippen LogP contribution in [0.2, 0.25) is 5.02 Å². The minimum atomic E-state index is -3.54. The molecule has 0 bridgehead atoms. The van der Waals surface area contributed by atoms with Crippen LogP contribution in [0.1, 0.15) is 21.5 Å². The first kappa shape index (κ1) is 19.5. The molecule has 4 rings (SSSR count). The molecule has 148 valence electrons. The van der Waals surface area contributed by atoms with E-state index in [9.17, 15) is 17.6 Å². The predicted molar refractivity (Wildman–Crippen MR) is 106 cm³/mol. The van der Waals surface area contributed by atoms with Crippen LogP contribution in [0.15, 0.2) is 53.8 Å². The Kier molecular flexibility index (Phi) is 4.84. The number of hydrogen-bond acceptors (Lipinski definition) is 5. The third kappa shape index (κ3) is 3.86. The lowest BCUT2D eigenvalue weighted by Gasteiger charge is -2.15. The van der Waals surface area contributed by atoms with Crippen molar-refractivity contribution in [2.24, 2.45) is 0 Å². The van der Waals surface area contributed by atoms with Crippen molar-refractivity contribution in [3.8, 4) is 11.3 Å². The summed E-state index contributed by atoms with van der Waals surface area (Å²) in [5, 5.41) is -0.235. The van der Waals surface area contributed by atoms with Gasteiger partial charge in [0.05, 0.1) is 10.7 Å². The summed E-state index contributed by atoms with van der Waals surface area (Å²) in [5.41, 5.74) is 3.02. The van der Waals surface area contributed by atoms with Gasteiger partial charge in [-0.25, -0.2) is 22.8 Å². The molecule has 0 radical (unpaired) electrons. The summed E-state index contributed by atoms with van der Waals surface area (Å²) in [6.45, 7) is 0.653. The topological polar surface area (TPSA) is 80.2 Å². The molecule has 0 aliphatic carbocycles. The molecular formula is C20H15ClFN3O3S. The number of fused-ring (bicyclic) bond motifs is 1. The lowest BCUT2D eigenvalue weighted by Crippen LogP contribution is -2.23. The SMILES string of the molecule is CS(=O)(=O)c1nccc(-c2ccc3c(c2)C(=O)N(Cc2ccc(Cl)c(F)c2)C3)n1. The van der Waals surface area contributed by atoms with E-state index >= 15 is 0 Å². The number of hydrogen-bond donors (Lipinski definition) is 0. The van der Waals surface area contributed by atoms with Crippen molar-refractivity contribution in [3.63, 3.8) is 0 Å². The number of rotatable bonds is 4. The van der Waals surface area contributed by atoms with Gasteiger partial charge in [-0.1, -0.05) is 29.8 Å². The zero-order valence-corrected chi connectivity index (χ0v) is 16.8.